The van der Waals surface area contributed by atoms with Gasteiger partial charge in [0.1, 0.15) is 6.17 Å². The zero-order chi connectivity index (χ0) is 31.4. The molecule has 3 aliphatic heterocycles. The number of piperidine rings is 2. The molecule has 244 valence electrons. The van der Waals surface area contributed by atoms with Crippen LogP contribution in [0.3, 0.4) is 0 Å². The average Bonchev–Trinajstić information content (AvgIpc) is 3.34. The number of hydrogen-bond acceptors (Lipinski definition) is 6. The van der Waals surface area contributed by atoms with E-state index in [2.05, 4.69) is 9.80 Å². The van der Waals surface area contributed by atoms with E-state index in [0.29, 0.717) is 69.0 Å². The summed E-state index contributed by atoms with van der Waals surface area (Å²) in [6, 6.07) is 4.00. The number of rotatable bonds is 9. The molecule has 1 aromatic heterocycles. The summed E-state index contributed by atoms with van der Waals surface area (Å²) in [5.41, 5.74) is 2.12. The summed E-state index contributed by atoms with van der Waals surface area (Å²) in [5.74, 6) is 0.448. The third-order valence-corrected chi connectivity index (χ3v) is 9.87. The lowest BCUT2D eigenvalue weighted by Gasteiger charge is -2.31. The largest absolute Gasteiger partial charge is 0.417 e. The van der Waals surface area contributed by atoms with E-state index < -0.39 is 24.0 Å². The molecule has 2 fully saturated rings. The molecule has 8 nitrogen and oxygen atoms in total. The first kappa shape index (κ1) is 33.0. The van der Waals surface area contributed by atoms with Gasteiger partial charge in [-0.3, -0.25) is 4.68 Å². The lowest BCUT2D eigenvalue weighted by molar-refractivity contribution is -0.139. The second kappa shape index (κ2) is 14.4. The Hall–Kier alpha value is -2.35. The summed E-state index contributed by atoms with van der Waals surface area (Å²) in [6.45, 7) is 5.33. The molecule has 0 saturated carbocycles. The van der Waals surface area contributed by atoms with Crippen molar-refractivity contribution < 1.29 is 27.5 Å². The highest BCUT2D eigenvalue weighted by atomic mass is 32.2. The summed E-state index contributed by atoms with van der Waals surface area (Å²) < 4.78 is 57.5. The van der Waals surface area contributed by atoms with Crippen molar-refractivity contribution in [3.63, 3.8) is 0 Å². The molecule has 2 amide bonds. The van der Waals surface area contributed by atoms with Gasteiger partial charge in [0.25, 0.3) is 0 Å². The van der Waals surface area contributed by atoms with Gasteiger partial charge in [-0.1, -0.05) is 12.5 Å². The number of likely N-dealkylation sites (tertiary alicyclic amines) is 2. The third-order valence-electron chi connectivity index (χ3n) is 8.83. The molecule has 0 spiro atoms. The van der Waals surface area contributed by atoms with Crippen LogP contribution in [0.2, 0.25) is 0 Å². The van der Waals surface area contributed by atoms with Crippen LogP contribution in [0.4, 0.5) is 22.4 Å². The number of aliphatic hydroxyl groups excluding tert-OH is 1. The van der Waals surface area contributed by atoms with Gasteiger partial charge in [0, 0.05) is 80.7 Å². The fraction of sp³-hybridized carbons (Fsp3) is 0.677. The van der Waals surface area contributed by atoms with Crippen molar-refractivity contribution in [1.29, 1.82) is 0 Å². The van der Waals surface area contributed by atoms with Crippen LogP contribution in [-0.2, 0) is 25.7 Å². The summed E-state index contributed by atoms with van der Waals surface area (Å²) in [6.07, 6.45) is -1.06. The number of thioether (sulfide) groups is 1. The van der Waals surface area contributed by atoms with Gasteiger partial charge >= 0.3 is 12.2 Å². The molecular formula is C31H44F4N6O2S. The zero-order valence-corrected chi connectivity index (χ0v) is 26.5. The zero-order valence-electron chi connectivity index (χ0n) is 25.7. The Morgan fingerprint density at radius 1 is 1.07 bits per heavy atom. The first-order chi connectivity index (χ1) is 21.0. The van der Waals surface area contributed by atoms with Gasteiger partial charge in [-0.05, 0) is 50.9 Å². The van der Waals surface area contributed by atoms with E-state index in [1.165, 1.54) is 17.4 Å². The Balaban J connectivity index is 1.42. The number of urea groups is 1. The Morgan fingerprint density at radius 3 is 2.48 bits per heavy atom. The highest BCUT2D eigenvalue weighted by Gasteiger charge is 2.35. The van der Waals surface area contributed by atoms with Crippen LogP contribution in [0.5, 0.6) is 0 Å². The molecule has 0 radical (unpaired) electrons. The van der Waals surface area contributed by atoms with Crippen LogP contribution in [0.25, 0.3) is 11.3 Å². The highest BCUT2D eigenvalue weighted by molar-refractivity contribution is 7.99. The van der Waals surface area contributed by atoms with Gasteiger partial charge in [0.05, 0.1) is 30.5 Å². The molecule has 3 aliphatic rings. The quantitative estimate of drug-likeness (QED) is 0.308. The van der Waals surface area contributed by atoms with E-state index in [4.69, 9.17) is 5.10 Å². The SMILES string of the molecule is CN(C)C(=O)N1CCc2c(c(-c3ccc(C(F)(F)F)c(SCCN4CCC(F)CC4)c3)nn2C[C@@H](O)CN2CCCCC2)C1. The predicted octanol–water partition coefficient (Wildman–Crippen LogP) is 4.98. The molecule has 1 aromatic carbocycles. The predicted molar refractivity (Wildman–Crippen MR) is 163 cm³/mol. The number of halogens is 4. The lowest BCUT2D eigenvalue weighted by atomic mass is 10.00. The van der Waals surface area contributed by atoms with Crippen molar-refractivity contribution in [1.82, 2.24) is 29.4 Å². The molecule has 44 heavy (non-hydrogen) atoms. The number of carbonyl (C=O) groups excluding carboxylic acids is 1. The third kappa shape index (κ3) is 8.07. The topological polar surface area (TPSA) is 68.1 Å². The summed E-state index contributed by atoms with van der Waals surface area (Å²) in [7, 11) is 3.39. The number of hydrogen-bond donors (Lipinski definition) is 1. The molecule has 0 aliphatic carbocycles. The molecule has 5 rings (SSSR count). The second-order valence-corrected chi connectivity index (χ2v) is 13.5. The Kier molecular flexibility index (Phi) is 10.8. The van der Waals surface area contributed by atoms with Crippen molar-refractivity contribution in [2.45, 2.75) is 75.0 Å². The van der Waals surface area contributed by atoms with E-state index in [-0.39, 0.29) is 24.0 Å². The number of amides is 2. The van der Waals surface area contributed by atoms with E-state index in [1.54, 1.807) is 29.7 Å². The number of carbonyl (C=O) groups is 1. The Labute approximate surface area is 261 Å². The molecule has 0 bridgehead atoms. The van der Waals surface area contributed by atoms with Crippen molar-refractivity contribution in [3.8, 4) is 11.3 Å². The van der Waals surface area contributed by atoms with Crippen LogP contribution in [0.15, 0.2) is 23.1 Å². The van der Waals surface area contributed by atoms with Gasteiger partial charge in [0.15, 0.2) is 0 Å². The maximum absolute atomic E-state index is 14.1. The number of benzene rings is 1. The van der Waals surface area contributed by atoms with E-state index in [9.17, 15) is 27.5 Å². The standard InChI is InChI=1S/C31H44F4N6O2S/c1-37(2)30(43)40-15-10-27-25(21-40)29(36-41(27)20-24(42)19-39-11-4-3-5-12-39)22-6-7-26(31(33,34)35)28(18-22)44-17-16-38-13-8-23(32)9-14-38/h6-7,18,23-24,42H,3-5,8-17,19-21H2,1-2H3/t24-/m0/s1. The maximum atomic E-state index is 14.1. The number of fused-ring (bicyclic) bond motifs is 1. The van der Waals surface area contributed by atoms with Crippen molar-refractivity contribution in [3.05, 3.63) is 35.0 Å². The maximum Gasteiger partial charge on any atom is 0.417 e. The van der Waals surface area contributed by atoms with Crippen LogP contribution < -0.4 is 0 Å². The molecule has 1 N–H and O–H groups in total. The van der Waals surface area contributed by atoms with Gasteiger partial charge < -0.3 is 24.7 Å². The molecule has 13 heteroatoms. The Morgan fingerprint density at radius 2 is 1.80 bits per heavy atom. The number of β-amino-alcohol motifs (C(OH)–C–C–N with tert-alkyl or cyclic N) is 1. The van der Waals surface area contributed by atoms with Crippen LogP contribution in [0.1, 0.15) is 48.9 Å². The number of nitrogens with zero attached hydrogens (tertiary/aromatic N) is 6. The number of alkyl halides is 4. The highest BCUT2D eigenvalue weighted by Crippen LogP contribution is 2.40. The molecule has 4 heterocycles. The minimum absolute atomic E-state index is 0.126. The van der Waals surface area contributed by atoms with Gasteiger partial charge in [-0.25, -0.2) is 9.18 Å². The van der Waals surface area contributed by atoms with Crippen LogP contribution >= 0.6 is 11.8 Å². The number of aliphatic hydroxyl groups is 1. The first-order valence-electron chi connectivity index (χ1n) is 15.7. The fourth-order valence-corrected chi connectivity index (χ4v) is 7.57. The summed E-state index contributed by atoms with van der Waals surface area (Å²) in [5, 5.41) is 15.9. The van der Waals surface area contributed by atoms with Crippen molar-refractivity contribution in [2.75, 3.05) is 65.7 Å². The summed E-state index contributed by atoms with van der Waals surface area (Å²) >= 11 is 1.15. The second-order valence-electron chi connectivity index (χ2n) is 12.4. The van der Waals surface area contributed by atoms with E-state index in [1.807, 2.05) is 0 Å². The van der Waals surface area contributed by atoms with Crippen molar-refractivity contribution in [2.24, 2.45) is 0 Å². The van der Waals surface area contributed by atoms with E-state index in [0.717, 1.165) is 55.0 Å². The van der Waals surface area contributed by atoms with Crippen LogP contribution in [0, 0.1) is 0 Å². The lowest BCUT2D eigenvalue weighted by Crippen LogP contribution is -2.42. The first-order valence-corrected chi connectivity index (χ1v) is 16.6. The monoisotopic (exact) mass is 640 g/mol. The van der Waals surface area contributed by atoms with Crippen molar-refractivity contribution >= 4 is 17.8 Å². The number of aromatic nitrogens is 2. The molecule has 0 unspecified atom stereocenters. The molecule has 2 aromatic rings. The normalized spacial score (nSPS) is 19.7. The minimum atomic E-state index is -4.51. The molecule has 1 atom stereocenters. The smallest absolute Gasteiger partial charge is 0.390 e. The van der Waals surface area contributed by atoms with Gasteiger partial charge in [0.2, 0.25) is 0 Å². The Bertz CT molecular complexity index is 1270. The average molecular weight is 641 g/mol. The minimum Gasteiger partial charge on any atom is -0.390 e. The molecule has 2 saturated heterocycles. The van der Waals surface area contributed by atoms with Crippen LogP contribution in [-0.4, -0.2) is 118 Å². The molecular weight excluding hydrogens is 596 g/mol. The fourth-order valence-electron chi connectivity index (χ4n) is 6.45. The van der Waals surface area contributed by atoms with Gasteiger partial charge in [-0.15, -0.1) is 11.8 Å². The summed E-state index contributed by atoms with van der Waals surface area (Å²) in [4.78, 5) is 20.6. The van der Waals surface area contributed by atoms with Gasteiger partial charge in [-0.2, -0.15) is 18.3 Å². The van der Waals surface area contributed by atoms with E-state index >= 15 is 0 Å².